The first-order valence-electron chi connectivity index (χ1n) is 7.48. The normalized spacial score (nSPS) is 11.1. The molecule has 2 aromatic heterocycles. The minimum atomic E-state index is 0.0190. The SMILES string of the molecule is CCCNC(=O)CSc1nnc(-c2ccco2)n1CC(C)C. The van der Waals surface area contributed by atoms with Crippen molar-refractivity contribution in [3.63, 3.8) is 0 Å². The van der Waals surface area contributed by atoms with Crippen molar-refractivity contribution >= 4 is 17.7 Å². The van der Waals surface area contributed by atoms with Crippen LogP contribution < -0.4 is 5.32 Å². The van der Waals surface area contributed by atoms with E-state index in [0.717, 1.165) is 18.1 Å². The van der Waals surface area contributed by atoms with Gasteiger partial charge in [0.25, 0.3) is 0 Å². The highest BCUT2D eigenvalue weighted by atomic mass is 32.2. The van der Waals surface area contributed by atoms with Gasteiger partial charge in [-0.15, -0.1) is 10.2 Å². The summed E-state index contributed by atoms with van der Waals surface area (Å²) in [6, 6.07) is 3.69. The molecule has 2 aromatic rings. The van der Waals surface area contributed by atoms with E-state index in [1.165, 1.54) is 11.8 Å². The van der Waals surface area contributed by atoms with Crippen LogP contribution in [0.2, 0.25) is 0 Å². The highest BCUT2D eigenvalue weighted by Crippen LogP contribution is 2.25. The van der Waals surface area contributed by atoms with Gasteiger partial charge >= 0.3 is 0 Å². The Morgan fingerprint density at radius 1 is 1.45 bits per heavy atom. The van der Waals surface area contributed by atoms with E-state index < -0.39 is 0 Å². The van der Waals surface area contributed by atoms with Crippen LogP contribution >= 0.6 is 11.8 Å². The van der Waals surface area contributed by atoms with Crippen molar-refractivity contribution in [1.29, 1.82) is 0 Å². The molecule has 6 nitrogen and oxygen atoms in total. The van der Waals surface area contributed by atoms with Crippen molar-refractivity contribution in [1.82, 2.24) is 20.1 Å². The molecule has 0 spiro atoms. The number of rotatable bonds is 8. The van der Waals surface area contributed by atoms with Crippen LogP contribution in [-0.2, 0) is 11.3 Å². The third-order valence-corrected chi connectivity index (χ3v) is 3.88. The van der Waals surface area contributed by atoms with Gasteiger partial charge < -0.3 is 9.73 Å². The fourth-order valence-electron chi connectivity index (χ4n) is 1.96. The first kappa shape index (κ1) is 16.6. The van der Waals surface area contributed by atoms with E-state index in [9.17, 15) is 4.79 Å². The third-order valence-electron chi connectivity index (χ3n) is 2.91. The lowest BCUT2D eigenvalue weighted by atomic mass is 10.2. The summed E-state index contributed by atoms with van der Waals surface area (Å²) >= 11 is 1.40. The number of nitrogens with zero attached hydrogens (tertiary/aromatic N) is 3. The molecule has 0 radical (unpaired) electrons. The topological polar surface area (TPSA) is 73.0 Å². The Bertz CT molecular complexity index is 593. The van der Waals surface area contributed by atoms with Crippen LogP contribution in [0.15, 0.2) is 28.0 Å². The number of thioether (sulfide) groups is 1. The Kier molecular flexibility index (Phi) is 6.06. The zero-order chi connectivity index (χ0) is 15.9. The molecular formula is C15H22N4O2S. The predicted octanol–water partition coefficient (Wildman–Crippen LogP) is 2.81. The van der Waals surface area contributed by atoms with Gasteiger partial charge in [0.2, 0.25) is 5.91 Å². The average molecular weight is 322 g/mol. The largest absolute Gasteiger partial charge is 0.461 e. The summed E-state index contributed by atoms with van der Waals surface area (Å²) in [5.74, 6) is 2.20. The molecule has 0 fully saturated rings. The summed E-state index contributed by atoms with van der Waals surface area (Å²) < 4.78 is 7.44. The number of carbonyl (C=O) groups is 1. The van der Waals surface area contributed by atoms with Crippen molar-refractivity contribution in [3.8, 4) is 11.6 Å². The fourth-order valence-corrected chi connectivity index (χ4v) is 2.74. The number of hydrogen-bond donors (Lipinski definition) is 1. The molecular weight excluding hydrogens is 300 g/mol. The second-order valence-electron chi connectivity index (χ2n) is 5.43. The summed E-state index contributed by atoms with van der Waals surface area (Å²) in [5, 5.41) is 12.0. The molecule has 0 bridgehead atoms. The Labute approximate surface area is 134 Å². The van der Waals surface area contributed by atoms with Crippen LogP contribution in [-0.4, -0.2) is 33.0 Å². The van der Waals surface area contributed by atoms with E-state index in [2.05, 4.69) is 29.4 Å². The maximum Gasteiger partial charge on any atom is 0.230 e. The predicted molar refractivity (Wildman–Crippen MR) is 86.6 cm³/mol. The maximum absolute atomic E-state index is 11.7. The van der Waals surface area contributed by atoms with E-state index in [-0.39, 0.29) is 5.91 Å². The van der Waals surface area contributed by atoms with E-state index >= 15 is 0 Å². The molecule has 0 saturated carbocycles. The summed E-state index contributed by atoms with van der Waals surface area (Å²) in [6.45, 7) is 7.78. The Morgan fingerprint density at radius 2 is 2.27 bits per heavy atom. The number of carbonyl (C=O) groups excluding carboxylic acids is 1. The number of hydrogen-bond acceptors (Lipinski definition) is 5. The zero-order valence-electron chi connectivity index (χ0n) is 13.2. The monoisotopic (exact) mass is 322 g/mol. The van der Waals surface area contributed by atoms with Crippen molar-refractivity contribution in [2.75, 3.05) is 12.3 Å². The number of nitrogens with one attached hydrogen (secondary N) is 1. The highest BCUT2D eigenvalue weighted by molar-refractivity contribution is 7.99. The van der Waals surface area contributed by atoms with Crippen LogP contribution in [0.5, 0.6) is 0 Å². The van der Waals surface area contributed by atoms with Gasteiger partial charge in [-0.25, -0.2) is 0 Å². The second kappa shape index (κ2) is 8.03. The van der Waals surface area contributed by atoms with Gasteiger partial charge in [0.15, 0.2) is 16.7 Å². The summed E-state index contributed by atoms with van der Waals surface area (Å²) in [5.41, 5.74) is 0. The van der Waals surface area contributed by atoms with E-state index in [0.29, 0.717) is 29.8 Å². The smallest absolute Gasteiger partial charge is 0.230 e. The number of furan rings is 1. The molecule has 0 atom stereocenters. The summed E-state index contributed by atoms with van der Waals surface area (Å²) in [6.07, 6.45) is 2.55. The Hall–Kier alpha value is -1.76. The molecule has 0 aliphatic heterocycles. The molecule has 0 aliphatic carbocycles. The maximum atomic E-state index is 11.7. The van der Waals surface area contributed by atoms with Gasteiger partial charge in [0, 0.05) is 13.1 Å². The molecule has 2 rings (SSSR count). The zero-order valence-corrected chi connectivity index (χ0v) is 14.0. The van der Waals surface area contributed by atoms with Crippen LogP contribution in [0.3, 0.4) is 0 Å². The van der Waals surface area contributed by atoms with Gasteiger partial charge in [-0.3, -0.25) is 9.36 Å². The van der Waals surface area contributed by atoms with Gasteiger partial charge in [-0.1, -0.05) is 32.5 Å². The van der Waals surface area contributed by atoms with Crippen LogP contribution in [0.1, 0.15) is 27.2 Å². The lowest BCUT2D eigenvalue weighted by Gasteiger charge is -2.11. The minimum absolute atomic E-state index is 0.0190. The van der Waals surface area contributed by atoms with Crippen LogP contribution in [0.25, 0.3) is 11.6 Å². The van der Waals surface area contributed by atoms with Gasteiger partial charge in [-0.05, 0) is 24.5 Å². The van der Waals surface area contributed by atoms with E-state index in [1.54, 1.807) is 6.26 Å². The third kappa shape index (κ3) is 4.37. The molecule has 22 heavy (non-hydrogen) atoms. The number of amides is 1. The van der Waals surface area contributed by atoms with Crippen LogP contribution in [0, 0.1) is 5.92 Å². The standard InChI is InChI=1S/C15H22N4O2S/c1-4-7-16-13(20)10-22-15-18-17-14(12-6-5-8-21-12)19(15)9-11(2)3/h5-6,8,11H,4,7,9-10H2,1-3H3,(H,16,20). The quantitative estimate of drug-likeness (QED) is 0.757. The first-order chi connectivity index (χ1) is 10.6. The van der Waals surface area contributed by atoms with E-state index in [4.69, 9.17) is 4.42 Å². The second-order valence-corrected chi connectivity index (χ2v) is 6.37. The summed E-state index contributed by atoms with van der Waals surface area (Å²) in [4.78, 5) is 11.7. The molecule has 1 amide bonds. The number of aromatic nitrogens is 3. The average Bonchev–Trinajstić information content (AvgIpc) is 3.12. The summed E-state index contributed by atoms with van der Waals surface area (Å²) in [7, 11) is 0. The van der Waals surface area contributed by atoms with Gasteiger partial charge in [-0.2, -0.15) is 0 Å². The first-order valence-corrected chi connectivity index (χ1v) is 8.47. The minimum Gasteiger partial charge on any atom is -0.461 e. The Balaban J connectivity index is 2.12. The molecule has 0 saturated heterocycles. The molecule has 0 aliphatic rings. The molecule has 1 N–H and O–H groups in total. The van der Waals surface area contributed by atoms with Crippen molar-refractivity contribution in [3.05, 3.63) is 18.4 Å². The van der Waals surface area contributed by atoms with Gasteiger partial charge in [0.05, 0.1) is 12.0 Å². The van der Waals surface area contributed by atoms with Crippen molar-refractivity contribution in [2.24, 2.45) is 5.92 Å². The molecule has 2 heterocycles. The van der Waals surface area contributed by atoms with Crippen LogP contribution in [0.4, 0.5) is 0 Å². The highest BCUT2D eigenvalue weighted by Gasteiger charge is 2.18. The molecule has 0 aromatic carbocycles. The van der Waals surface area contributed by atoms with E-state index in [1.807, 2.05) is 23.6 Å². The fraction of sp³-hybridized carbons (Fsp3) is 0.533. The lowest BCUT2D eigenvalue weighted by Crippen LogP contribution is -2.25. The molecule has 7 heteroatoms. The van der Waals surface area contributed by atoms with Gasteiger partial charge in [0.1, 0.15) is 0 Å². The van der Waals surface area contributed by atoms with Crippen molar-refractivity contribution in [2.45, 2.75) is 38.9 Å². The Morgan fingerprint density at radius 3 is 2.91 bits per heavy atom. The molecule has 0 unspecified atom stereocenters. The lowest BCUT2D eigenvalue weighted by molar-refractivity contribution is -0.118. The molecule has 120 valence electrons. The van der Waals surface area contributed by atoms with Crippen molar-refractivity contribution < 1.29 is 9.21 Å².